The molecule has 48 valence electrons. The molecule has 0 rings (SSSR count). The van der Waals surface area contributed by atoms with Gasteiger partial charge in [0.1, 0.15) is 0 Å². The standard InChI is InChI=1S/C5H11NOS/c1-3-7-4-5(2)6-8/h5H,3-4H2,1-2H3/t5-/m0/s1. The summed E-state index contributed by atoms with van der Waals surface area (Å²) in [6, 6.07) is 0.171. The Bertz CT molecular complexity index is 67.4. The molecule has 0 saturated heterocycles. The fourth-order valence-electron chi connectivity index (χ4n) is 0.319. The van der Waals surface area contributed by atoms with Crippen LogP contribution in [-0.4, -0.2) is 19.3 Å². The summed E-state index contributed by atoms with van der Waals surface area (Å²) in [6.45, 7) is 5.29. The summed E-state index contributed by atoms with van der Waals surface area (Å²) in [4.78, 5) is 0. The molecule has 1 atom stereocenters. The minimum absolute atomic E-state index is 0.171. The molecule has 0 radical (unpaired) electrons. The average molecular weight is 133 g/mol. The van der Waals surface area contributed by atoms with Crippen LogP contribution in [0.25, 0.3) is 0 Å². The van der Waals surface area contributed by atoms with Gasteiger partial charge in [-0.3, -0.25) is 0 Å². The van der Waals surface area contributed by atoms with Crippen LogP contribution in [0, 0.1) is 0 Å². The van der Waals surface area contributed by atoms with Crippen LogP contribution < -0.4 is 0 Å². The second kappa shape index (κ2) is 5.12. The molecule has 0 heterocycles. The Balaban J connectivity index is 2.98. The van der Waals surface area contributed by atoms with Crippen molar-refractivity contribution in [1.82, 2.24) is 0 Å². The lowest BCUT2D eigenvalue weighted by molar-refractivity contribution is 0.138. The zero-order valence-electron chi connectivity index (χ0n) is 5.26. The second-order valence-corrected chi connectivity index (χ2v) is 1.82. The molecule has 0 aromatic rings. The van der Waals surface area contributed by atoms with Crippen LogP contribution >= 0.6 is 0 Å². The van der Waals surface area contributed by atoms with Crippen LogP contribution in [-0.2, 0) is 17.2 Å². The van der Waals surface area contributed by atoms with Gasteiger partial charge in [0, 0.05) is 19.0 Å². The normalized spacial score (nSPS) is 13.2. The Hall–Kier alpha value is -0.0200. The largest absolute Gasteiger partial charge is 0.379 e. The van der Waals surface area contributed by atoms with E-state index in [1.54, 1.807) is 0 Å². The van der Waals surface area contributed by atoms with Gasteiger partial charge in [0.25, 0.3) is 0 Å². The van der Waals surface area contributed by atoms with Crippen LogP contribution in [0.2, 0.25) is 0 Å². The number of hydrogen-bond acceptors (Lipinski definition) is 3. The van der Waals surface area contributed by atoms with E-state index in [-0.39, 0.29) is 6.04 Å². The highest BCUT2D eigenvalue weighted by molar-refractivity contribution is 7.47. The van der Waals surface area contributed by atoms with Gasteiger partial charge in [-0.1, -0.05) is 0 Å². The highest BCUT2D eigenvalue weighted by atomic mass is 32.1. The van der Waals surface area contributed by atoms with Gasteiger partial charge >= 0.3 is 0 Å². The quantitative estimate of drug-likeness (QED) is 0.573. The van der Waals surface area contributed by atoms with Crippen LogP contribution in [0.1, 0.15) is 13.8 Å². The third kappa shape index (κ3) is 4.15. The third-order valence-electron chi connectivity index (χ3n) is 0.743. The van der Waals surface area contributed by atoms with Crippen LogP contribution in [0.5, 0.6) is 0 Å². The fraction of sp³-hybridized carbons (Fsp3) is 1.00. The maximum Gasteiger partial charge on any atom is 0.0835 e. The van der Waals surface area contributed by atoms with Gasteiger partial charge < -0.3 is 4.74 Å². The topological polar surface area (TPSA) is 21.6 Å². The SMILES string of the molecule is CCOC[C@H](C)N=S. The van der Waals surface area contributed by atoms with Gasteiger partial charge in [0.05, 0.1) is 12.6 Å². The molecule has 0 spiro atoms. The molecule has 0 N–H and O–H groups in total. The summed E-state index contributed by atoms with van der Waals surface area (Å²) in [7, 11) is 0. The zero-order chi connectivity index (χ0) is 6.41. The van der Waals surface area contributed by atoms with Gasteiger partial charge in [-0.05, 0) is 13.8 Å². The number of nitrogens with zero attached hydrogens (tertiary/aromatic N) is 1. The van der Waals surface area contributed by atoms with E-state index in [1.807, 2.05) is 13.8 Å². The van der Waals surface area contributed by atoms with Gasteiger partial charge in [0.2, 0.25) is 0 Å². The second-order valence-electron chi connectivity index (χ2n) is 1.61. The highest BCUT2D eigenvalue weighted by Crippen LogP contribution is 1.87. The van der Waals surface area contributed by atoms with Crippen molar-refractivity contribution in [2.75, 3.05) is 13.2 Å². The first kappa shape index (κ1) is 7.98. The molecule has 0 aliphatic rings. The van der Waals surface area contributed by atoms with Crippen molar-refractivity contribution in [2.24, 2.45) is 4.36 Å². The summed E-state index contributed by atoms with van der Waals surface area (Å²) < 4.78 is 8.61. The van der Waals surface area contributed by atoms with Crippen LogP contribution in [0.4, 0.5) is 0 Å². The number of ether oxygens (including phenoxy) is 1. The lowest BCUT2D eigenvalue weighted by Crippen LogP contribution is -2.07. The van der Waals surface area contributed by atoms with Crippen molar-refractivity contribution < 1.29 is 4.74 Å². The number of hydrogen-bond donors (Lipinski definition) is 0. The summed E-state index contributed by atoms with van der Waals surface area (Å²) in [6.07, 6.45) is 0. The summed E-state index contributed by atoms with van der Waals surface area (Å²) in [5, 5.41) is 0. The number of rotatable bonds is 4. The zero-order valence-corrected chi connectivity index (χ0v) is 6.07. The van der Waals surface area contributed by atoms with Gasteiger partial charge in [-0.25, -0.2) is 4.36 Å². The molecule has 0 aliphatic heterocycles. The maximum absolute atomic E-state index is 5.03. The van der Waals surface area contributed by atoms with Crippen LogP contribution in [0.3, 0.4) is 0 Å². The molecular weight excluding hydrogens is 122 g/mol. The van der Waals surface area contributed by atoms with Crippen molar-refractivity contribution >= 4 is 12.4 Å². The maximum atomic E-state index is 5.03. The van der Waals surface area contributed by atoms with Crippen molar-refractivity contribution in [3.63, 3.8) is 0 Å². The minimum Gasteiger partial charge on any atom is -0.379 e. The fourth-order valence-corrected chi connectivity index (χ4v) is 0.380. The van der Waals surface area contributed by atoms with Crippen molar-refractivity contribution in [3.8, 4) is 0 Å². The van der Waals surface area contributed by atoms with Crippen molar-refractivity contribution in [2.45, 2.75) is 19.9 Å². The van der Waals surface area contributed by atoms with E-state index in [4.69, 9.17) is 4.74 Å². The van der Waals surface area contributed by atoms with E-state index in [9.17, 15) is 0 Å². The first-order valence-corrected chi connectivity index (χ1v) is 3.08. The van der Waals surface area contributed by atoms with Gasteiger partial charge in [-0.2, -0.15) is 0 Å². The molecule has 0 unspecified atom stereocenters. The average Bonchev–Trinajstić information content (AvgIpc) is 1.83. The molecule has 8 heavy (non-hydrogen) atoms. The molecule has 0 aromatic carbocycles. The van der Waals surface area contributed by atoms with E-state index in [0.29, 0.717) is 6.61 Å². The third-order valence-corrected chi connectivity index (χ3v) is 1.10. The predicted molar refractivity (Wildman–Crippen MR) is 35.7 cm³/mol. The monoisotopic (exact) mass is 133 g/mol. The van der Waals surface area contributed by atoms with Gasteiger partial charge in [0.15, 0.2) is 0 Å². The lowest BCUT2D eigenvalue weighted by Gasteiger charge is -2.01. The predicted octanol–water partition coefficient (Wildman–Crippen LogP) is 1.14. The van der Waals surface area contributed by atoms with E-state index >= 15 is 0 Å². The Kier molecular flexibility index (Phi) is 5.11. The first-order chi connectivity index (χ1) is 3.81. The molecule has 2 nitrogen and oxygen atoms in total. The van der Waals surface area contributed by atoms with E-state index in [2.05, 4.69) is 16.8 Å². The van der Waals surface area contributed by atoms with Crippen molar-refractivity contribution in [1.29, 1.82) is 0 Å². The van der Waals surface area contributed by atoms with Gasteiger partial charge in [-0.15, -0.1) is 0 Å². The molecule has 0 fully saturated rings. The Morgan fingerprint density at radius 1 is 1.75 bits per heavy atom. The summed E-state index contributed by atoms with van der Waals surface area (Å²) >= 11 is 4.43. The molecule has 0 aliphatic carbocycles. The Labute approximate surface area is 55.4 Å². The Morgan fingerprint density at radius 3 is 2.75 bits per heavy atom. The lowest BCUT2D eigenvalue weighted by atomic mass is 10.4. The highest BCUT2D eigenvalue weighted by Gasteiger charge is 1.94. The molecule has 0 amide bonds. The first-order valence-electron chi connectivity index (χ1n) is 2.71. The van der Waals surface area contributed by atoms with E-state index in [0.717, 1.165) is 6.61 Å². The smallest absolute Gasteiger partial charge is 0.0835 e. The van der Waals surface area contributed by atoms with Crippen molar-refractivity contribution in [3.05, 3.63) is 0 Å². The molecule has 0 saturated carbocycles. The minimum atomic E-state index is 0.171. The molecular formula is C5H11NOS. The van der Waals surface area contributed by atoms with Crippen LogP contribution in [0.15, 0.2) is 4.36 Å². The molecule has 0 bridgehead atoms. The summed E-state index contributed by atoms with van der Waals surface area (Å²) in [5.41, 5.74) is 0. The Morgan fingerprint density at radius 2 is 2.38 bits per heavy atom. The molecule has 3 heteroatoms. The van der Waals surface area contributed by atoms with E-state index in [1.165, 1.54) is 0 Å². The van der Waals surface area contributed by atoms with E-state index < -0.39 is 0 Å². The summed E-state index contributed by atoms with van der Waals surface area (Å²) in [5.74, 6) is 0. The molecule has 0 aromatic heterocycles.